The number of ether oxygens (including phenoxy) is 2. The van der Waals surface area contributed by atoms with E-state index in [-0.39, 0.29) is 5.82 Å². The van der Waals surface area contributed by atoms with Crippen molar-refractivity contribution in [2.45, 2.75) is 19.9 Å². The minimum atomic E-state index is -0.164. The molecule has 0 amide bonds. The molecule has 0 atom stereocenters. The lowest BCUT2D eigenvalue weighted by molar-refractivity contribution is 0.191. The number of anilines is 1. The first-order chi connectivity index (χ1) is 10.2. The molecule has 0 aliphatic heterocycles. The van der Waals surface area contributed by atoms with Crippen LogP contribution in [0.15, 0.2) is 18.2 Å². The van der Waals surface area contributed by atoms with Gasteiger partial charge in [0.25, 0.3) is 0 Å². The van der Waals surface area contributed by atoms with Gasteiger partial charge in [-0.2, -0.15) is 0 Å². The van der Waals surface area contributed by atoms with Crippen LogP contribution in [0.4, 0.5) is 10.1 Å². The Labute approximate surface area is 127 Å². The molecule has 120 valence electrons. The number of nitrogens with zero attached hydrogens (tertiary/aromatic N) is 1. The van der Waals surface area contributed by atoms with E-state index in [9.17, 15) is 4.39 Å². The van der Waals surface area contributed by atoms with Crippen LogP contribution in [0.25, 0.3) is 0 Å². The third-order valence-electron chi connectivity index (χ3n) is 3.33. The molecule has 0 aliphatic carbocycles. The molecule has 1 rings (SSSR count). The Kier molecular flexibility index (Phi) is 8.98. The molecule has 4 nitrogen and oxygen atoms in total. The van der Waals surface area contributed by atoms with Crippen molar-refractivity contribution >= 4 is 5.69 Å². The highest BCUT2D eigenvalue weighted by atomic mass is 19.1. The Bertz CT molecular complexity index is 402. The summed E-state index contributed by atoms with van der Waals surface area (Å²) in [6, 6.07) is 5.24. The first-order valence-corrected chi connectivity index (χ1v) is 7.45. The number of methoxy groups -OCH3 is 2. The second kappa shape index (κ2) is 10.5. The normalized spacial score (nSPS) is 10.9. The molecule has 0 radical (unpaired) electrons. The van der Waals surface area contributed by atoms with Gasteiger partial charge in [-0.1, -0.05) is 13.0 Å². The molecular weight excluding hydrogens is 271 g/mol. The van der Waals surface area contributed by atoms with Crippen LogP contribution >= 0.6 is 0 Å². The van der Waals surface area contributed by atoms with Crippen LogP contribution < -0.4 is 10.2 Å². The topological polar surface area (TPSA) is 33.7 Å². The third-order valence-corrected chi connectivity index (χ3v) is 3.33. The van der Waals surface area contributed by atoms with Crippen molar-refractivity contribution in [1.29, 1.82) is 0 Å². The fourth-order valence-corrected chi connectivity index (χ4v) is 2.22. The lowest BCUT2D eigenvalue weighted by Crippen LogP contribution is -2.31. The van der Waals surface area contributed by atoms with Crippen LogP contribution in [0.1, 0.15) is 18.9 Å². The maximum Gasteiger partial charge on any atom is 0.129 e. The van der Waals surface area contributed by atoms with E-state index in [4.69, 9.17) is 9.47 Å². The lowest BCUT2D eigenvalue weighted by atomic mass is 10.1. The van der Waals surface area contributed by atoms with Gasteiger partial charge in [-0.25, -0.2) is 4.39 Å². The van der Waals surface area contributed by atoms with Crippen molar-refractivity contribution in [2.24, 2.45) is 0 Å². The lowest BCUT2D eigenvalue weighted by Gasteiger charge is -2.27. The molecule has 5 heteroatoms. The molecule has 21 heavy (non-hydrogen) atoms. The molecule has 0 spiro atoms. The van der Waals surface area contributed by atoms with Gasteiger partial charge in [-0.05, 0) is 25.1 Å². The fraction of sp³-hybridized carbons (Fsp3) is 0.625. The summed E-state index contributed by atoms with van der Waals surface area (Å²) in [6.45, 7) is 6.23. The molecular formula is C16H27FN2O2. The fourth-order valence-electron chi connectivity index (χ4n) is 2.22. The molecule has 1 aromatic carbocycles. The number of hydrogen-bond acceptors (Lipinski definition) is 4. The summed E-state index contributed by atoms with van der Waals surface area (Å²) in [7, 11) is 3.37. The van der Waals surface area contributed by atoms with Crippen LogP contribution in [0, 0.1) is 5.82 Å². The summed E-state index contributed by atoms with van der Waals surface area (Å²) in [5, 5.41) is 3.20. The smallest absolute Gasteiger partial charge is 0.129 e. The van der Waals surface area contributed by atoms with Crippen molar-refractivity contribution in [3.8, 4) is 0 Å². The van der Waals surface area contributed by atoms with Gasteiger partial charge in [0.15, 0.2) is 0 Å². The first-order valence-electron chi connectivity index (χ1n) is 7.45. The van der Waals surface area contributed by atoms with E-state index in [2.05, 4.69) is 10.2 Å². The molecule has 0 saturated heterocycles. The number of benzene rings is 1. The largest absolute Gasteiger partial charge is 0.385 e. The Morgan fingerprint density at radius 3 is 2.57 bits per heavy atom. The van der Waals surface area contributed by atoms with E-state index in [0.29, 0.717) is 25.3 Å². The van der Waals surface area contributed by atoms with Gasteiger partial charge in [0, 0.05) is 51.7 Å². The first kappa shape index (κ1) is 17.9. The zero-order chi connectivity index (χ0) is 15.5. The van der Waals surface area contributed by atoms with Gasteiger partial charge in [0.2, 0.25) is 0 Å². The molecule has 1 aromatic rings. The Morgan fingerprint density at radius 1 is 1.14 bits per heavy atom. The number of rotatable bonds is 11. The van der Waals surface area contributed by atoms with E-state index in [1.807, 2.05) is 13.0 Å². The Morgan fingerprint density at radius 2 is 1.90 bits per heavy atom. The van der Waals surface area contributed by atoms with Crippen molar-refractivity contribution in [3.63, 3.8) is 0 Å². The second-order valence-corrected chi connectivity index (χ2v) is 4.84. The van der Waals surface area contributed by atoms with Crippen LogP contribution in [0.3, 0.4) is 0 Å². The zero-order valence-corrected chi connectivity index (χ0v) is 13.3. The van der Waals surface area contributed by atoms with Gasteiger partial charge in [-0.3, -0.25) is 0 Å². The number of nitrogens with one attached hydrogen (secondary N) is 1. The molecule has 1 N–H and O–H groups in total. The summed E-state index contributed by atoms with van der Waals surface area (Å²) in [6.07, 6.45) is 0.900. The highest BCUT2D eigenvalue weighted by Gasteiger charge is 2.14. The van der Waals surface area contributed by atoms with Gasteiger partial charge < -0.3 is 19.7 Å². The Hall–Kier alpha value is -1.17. The summed E-state index contributed by atoms with van der Waals surface area (Å²) < 4.78 is 24.4. The summed E-state index contributed by atoms with van der Waals surface area (Å²) in [4.78, 5) is 2.16. The van der Waals surface area contributed by atoms with E-state index >= 15 is 0 Å². The number of halogens is 1. The highest BCUT2D eigenvalue weighted by molar-refractivity contribution is 5.54. The van der Waals surface area contributed by atoms with E-state index < -0.39 is 0 Å². The monoisotopic (exact) mass is 298 g/mol. The molecule has 0 bridgehead atoms. The maximum absolute atomic E-state index is 14.1. The molecule has 0 aliphatic rings. The number of hydrogen-bond donors (Lipinski definition) is 1. The molecule has 0 saturated carbocycles. The quantitative estimate of drug-likeness (QED) is 0.636. The minimum Gasteiger partial charge on any atom is -0.385 e. The SMILES string of the molecule is CCNCc1c(F)cccc1N(CCCOC)CCOC. The molecule has 0 heterocycles. The van der Waals surface area contributed by atoms with Crippen LogP contribution in [0.2, 0.25) is 0 Å². The van der Waals surface area contributed by atoms with Gasteiger partial charge in [0.1, 0.15) is 5.82 Å². The predicted molar refractivity (Wildman–Crippen MR) is 84.4 cm³/mol. The van der Waals surface area contributed by atoms with E-state index in [1.54, 1.807) is 20.3 Å². The van der Waals surface area contributed by atoms with Gasteiger partial charge >= 0.3 is 0 Å². The zero-order valence-electron chi connectivity index (χ0n) is 13.3. The Balaban J connectivity index is 2.89. The predicted octanol–water partition coefficient (Wildman–Crippen LogP) is 2.42. The summed E-state index contributed by atoms with van der Waals surface area (Å²) in [5.41, 5.74) is 1.65. The molecule has 0 unspecified atom stereocenters. The second-order valence-electron chi connectivity index (χ2n) is 4.84. The van der Waals surface area contributed by atoms with Crippen molar-refractivity contribution < 1.29 is 13.9 Å². The minimum absolute atomic E-state index is 0.164. The summed E-state index contributed by atoms with van der Waals surface area (Å²) in [5.74, 6) is -0.164. The van der Waals surface area contributed by atoms with Crippen molar-refractivity contribution in [3.05, 3.63) is 29.6 Å². The van der Waals surface area contributed by atoms with Crippen LogP contribution in [-0.4, -0.2) is 47.1 Å². The molecule has 0 fully saturated rings. The van der Waals surface area contributed by atoms with E-state index in [1.165, 1.54) is 6.07 Å². The van der Waals surface area contributed by atoms with Gasteiger partial charge in [-0.15, -0.1) is 0 Å². The van der Waals surface area contributed by atoms with E-state index in [0.717, 1.165) is 31.7 Å². The van der Waals surface area contributed by atoms with Crippen LogP contribution in [-0.2, 0) is 16.0 Å². The highest BCUT2D eigenvalue weighted by Crippen LogP contribution is 2.23. The standard InChI is InChI=1S/C16H27FN2O2/c1-4-18-13-14-15(17)7-5-8-16(14)19(10-12-21-3)9-6-11-20-2/h5,7-8,18H,4,6,9-13H2,1-3H3. The van der Waals surface area contributed by atoms with Crippen molar-refractivity contribution in [2.75, 3.05) is 52.0 Å². The maximum atomic E-state index is 14.1. The average molecular weight is 298 g/mol. The average Bonchev–Trinajstić information content (AvgIpc) is 2.49. The van der Waals surface area contributed by atoms with Gasteiger partial charge in [0.05, 0.1) is 6.61 Å². The molecule has 0 aromatic heterocycles. The van der Waals surface area contributed by atoms with Crippen LogP contribution in [0.5, 0.6) is 0 Å². The summed E-state index contributed by atoms with van der Waals surface area (Å²) >= 11 is 0. The third kappa shape index (κ3) is 5.99. The van der Waals surface area contributed by atoms with Crippen molar-refractivity contribution in [1.82, 2.24) is 5.32 Å².